The van der Waals surface area contributed by atoms with Gasteiger partial charge in [-0.3, -0.25) is 9.78 Å². The number of anilines is 1. The molecule has 0 aliphatic carbocycles. The molecule has 1 aliphatic rings. The summed E-state index contributed by atoms with van der Waals surface area (Å²) in [7, 11) is 0. The van der Waals surface area contributed by atoms with Crippen LogP contribution in [0.5, 0.6) is 0 Å². The van der Waals surface area contributed by atoms with Gasteiger partial charge in [0.1, 0.15) is 0 Å². The fourth-order valence-corrected chi connectivity index (χ4v) is 2.97. The fourth-order valence-electron chi connectivity index (χ4n) is 2.97. The molecule has 21 heavy (non-hydrogen) atoms. The highest BCUT2D eigenvalue weighted by Gasteiger charge is 2.27. The Hall–Kier alpha value is -1.58. The third-order valence-corrected chi connectivity index (χ3v) is 4.11. The largest absolute Gasteiger partial charge is 0.384 e. The van der Waals surface area contributed by atoms with Gasteiger partial charge in [-0.25, -0.2) is 0 Å². The van der Waals surface area contributed by atoms with Crippen LogP contribution in [-0.2, 0) is 0 Å². The summed E-state index contributed by atoms with van der Waals surface area (Å²) in [6.45, 7) is 8.94. The zero-order valence-corrected chi connectivity index (χ0v) is 13.5. The first-order valence-electron chi connectivity index (χ1n) is 8.15. The van der Waals surface area contributed by atoms with E-state index in [1.165, 1.54) is 12.8 Å². The van der Waals surface area contributed by atoms with Gasteiger partial charge in [0.05, 0.1) is 11.3 Å². The molecule has 1 fully saturated rings. The molecular formula is C17H27N3O. The molecule has 1 saturated heterocycles. The van der Waals surface area contributed by atoms with Crippen molar-refractivity contribution >= 4 is 11.6 Å². The number of carbonyl (C=O) groups excluding carboxylic acids is 1. The van der Waals surface area contributed by atoms with Crippen LogP contribution in [0.4, 0.5) is 5.69 Å². The maximum Gasteiger partial charge on any atom is 0.257 e. The van der Waals surface area contributed by atoms with Crippen LogP contribution in [0.25, 0.3) is 0 Å². The number of carbonyl (C=O) groups is 1. The molecule has 2 heterocycles. The Kier molecular flexibility index (Phi) is 5.59. The number of aryl methyl sites for hydroxylation is 1. The standard InChI is InChI=1S/C17H27N3O/c1-4-6-14-7-9-20(12-14)17(21)15-11-19-13(3)10-16(15)18-8-5-2/h10-11,14H,4-9,12H2,1-3H3,(H,18,19). The van der Waals surface area contributed by atoms with Crippen LogP contribution in [-0.4, -0.2) is 35.4 Å². The quantitative estimate of drug-likeness (QED) is 0.872. The Bertz CT molecular complexity index is 487. The summed E-state index contributed by atoms with van der Waals surface area (Å²) in [5, 5.41) is 3.36. The van der Waals surface area contributed by atoms with Crippen LogP contribution in [0.3, 0.4) is 0 Å². The zero-order valence-electron chi connectivity index (χ0n) is 13.5. The summed E-state index contributed by atoms with van der Waals surface area (Å²) in [4.78, 5) is 19.0. The Balaban J connectivity index is 2.11. The highest BCUT2D eigenvalue weighted by molar-refractivity contribution is 5.99. The van der Waals surface area contributed by atoms with Crippen LogP contribution in [0.2, 0.25) is 0 Å². The predicted molar refractivity (Wildman–Crippen MR) is 86.7 cm³/mol. The second kappa shape index (κ2) is 7.43. The summed E-state index contributed by atoms with van der Waals surface area (Å²) in [5.74, 6) is 0.795. The van der Waals surface area contributed by atoms with Crippen molar-refractivity contribution in [1.29, 1.82) is 0 Å². The van der Waals surface area contributed by atoms with E-state index in [9.17, 15) is 4.79 Å². The minimum atomic E-state index is 0.125. The zero-order chi connectivity index (χ0) is 15.2. The molecule has 4 heteroatoms. The molecule has 0 bridgehead atoms. The number of likely N-dealkylation sites (tertiary alicyclic amines) is 1. The van der Waals surface area contributed by atoms with E-state index in [0.717, 1.165) is 43.9 Å². The first kappa shape index (κ1) is 15.8. The lowest BCUT2D eigenvalue weighted by Gasteiger charge is -2.19. The molecule has 4 nitrogen and oxygen atoms in total. The molecular weight excluding hydrogens is 262 g/mol. The van der Waals surface area contributed by atoms with Gasteiger partial charge in [-0.05, 0) is 38.2 Å². The van der Waals surface area contributed by atoms with E-state index in [4.69, 9.17) is 0 Å². The van der Waals surface area contributed by atoms with Gasteiger partial charge in [0.2, 0.25) is 0 Å². The number of pyridine rings is 1. The van der Waals surface area contributed by atoms with Gasteiger partial charge in [0, 0.05) is 31.5 Å². The highest BCUT2D eigenvalue weighted by Crippen LogP contribution is 2.25. The molecule has 0 spiro atoms. The minimum absolute atomic E-state index is 0.125. The van der Waals surface area contributed by atoms with Crippen molar-refractivity contribution < 1.29 is 4.79 Å². The Morgan fingerprint density at radius 1 is 1.43 bits per heavy atom. The lowest BCUT2D eigenvalue weighted by molar-refractivity contribution is 0.0787. The first-order valence-corrected chi connectivity index (χ1v) is 8.15. The number of amides is 1. The van der Waals surface area contributed by atoms with Gasteiger partial charge in [0.15, 0.2) is 0 Å². The van der Waals surface area contributed by atoms with Gasteiger partial charge in [-0.1, -0.05) is 20.3 Å². The van der Waals surface area contributed by atoms with Gasteiger partial charge < -0.3 is 10.2 Å². The van der Waals surface area contributed by atoms with E-state index in [2.05, 4.69) is 24.1 Å². The van der Waals surface area contributed by atoms with E-state index < -0.39 is 0 Å². The van der Waals surface area contributed by atoms with Crippen molar-refractivity contribution in [2.24, 2.45) is 5.92 Å². The second-order valence-electron chi connectivity index (χ2n) is 5.99. The molecule has 1 N–H and O–H groups in total. The summed E-state index contributed by atoms with van der Waals surface area (Å²) >= 11 is 0. The molecule has 1 unspecified atom stereocenters. The topological polar surface area (TPSA) is 45.2 Å². The van der Waals surface area contributed by atoms with E-state index >= 15 is 0 Å². The van der Waals surface area contributed by atoms with Crippen molar-refractivity contribution in [3.8, 4) is 0 Å². The normalized spacial score (nSPS) is 18.0. The SMILES string of the molecule is CCCNc1cc(C)ncc1C(=O)N1CCC(CCC)C1. The second-order valence-corrected chi connectivity index (χ2v) is 5.99. The van der Waals surface area contributed by atoms with E-state index in [1.807, 2.05) is 17.9 Å². The van der Waals surface area contributed by atoms with Crippen molar-refractivity contribution in [3.05, 3.63) is 23.5 Å². The number of nitrogens with one attached hydrogen (secondary N) is 1. The number of rotatable bonds is 6. The molecule has 1 aromatic rings. The van der Waals surface area contributed by atoms with E-state index in [1.54, 1.807) is 6.20 Å². The maximum absolute atomic E-state index is 12.7. The van der Waals surface area contributed by atoms with Gasteiger partial charge in [-0.2, -0.15) is 0 Å². The third kappa shape index (κ3) is 3.96. The number of hydrogen-bond donors (Lipinski definition) is 1. The number of nitrogens with zero attached hydrogens (tertiary/aromatic N) is 2. The maximum atomic E-state index is 12.7. The molecule has 116 valence electrons. The van der Waals surface area contributed by atoms with Crippen LogP contribution in [0.1, 0.15) is 55.6 Å². The van der Waals surface area contributed by atoms with Crippen LogP contribution in [0.15, 0.2) is 12.3 Å². The Morgan fingerprint density at radius 3 is 2.95 bits per heavy atom. The Labute approximate surface area is 127 Å². The number of aromatic nitrogens is 1. The van der Waals surface area contributed by atoms with Crippen LogP contribution >= 0.6 is 0 Å². The smallest absolute Gasteiger partial charge is 0.257 e. The monoisotopic (exact) mass is 289 g/mol. The highest BCUT2D eigenvalue weighted by atomic mass is 16.2. The van der Waals surface area contributed by atoms with E-state index in [0.29, 0.717) is 11.5 Å². The van der Waals surface area contributed by atoms with Crippen molar-refractivity contribution in [2.45, 2.75) is 46.5 Å². The van der Waals surface area contributed by atoms with Crippen molar-refractivity contribution in [2.75, 3.05) is 25.0 Å². The van der Waals surface area contributed by atoms with Crippen LogP contribution in [0, 0.1) is 12.8 Å². The van der Waals surface area contributed by atoms with E-state index in [-0.39, 0.29) is 5.91 Å². The summed E-state index contributed by atoms with van der Waals surface area (Å²) < 4.78 is 0. The first-order chi connectivity index (χ1) is 10.2. The lowest BCUT2D eigenvalue weighted by Crippen LogP contribution is -2.29. The average Bonchev–Trinajstić information content (AvgIpc) is 2.93. The van der Waals surface area contributed by atoms with Crippen molar-refractivity contribution in [3.63, 3.8) is 0 Å². The molecule has 1 atom stereocenters. The molecule has 0 aromatic carbocycles. The third-order valence-electron chi connectivity index (χ3n) is 4.11. The van der Waals surface area contributed by atoms with Gasteiger partial charge in [-0.15, -0.1) is 0 Å². The minimum Gasteiger partial charge on any atom is -0.384 e. The summed E-state index contributed by atoms with van der Waals surface area (Å²) in [5.41, 5.74) is 2.58. The molecule has 1 aliphatic heterocycles. The Morgan fingerprint density at radius 2 is 2.24 bits per heavy atom. The lowest BCUT2D eigenvalue weighted by atomic mass is 10.0. The molecule has 0 radical (unpaired) electrons. The summed E-state index contributed by atoms with van der Waals surface area (Å²) in [6.07, 6.45) is 6.32. The fraction of sp³-hybridized carbons (Fsp3) is 0.647. The molecule has 2 rings (SSSR count). The molecule has 1 amide bonds. The van der Waals surface area contributed by atoms with Crippen LogP contribution < -0.4 is 5.32 Å². The summed E-state index contributed by atoms with van der Waals surface area (Å²) in [6, 6.07) is 1.97. The predicted octanol–water partition coefficient (Wildman–Crippen LogP) is 3.47. The molecule has 0 saturated carbocycles. The average molecular weight is 289 g/mol. The van der Waals surface area contributed by atoms with Gasteiger partial charge >= 0.3 is 0 Å². The number of hydrogen-bond acceptors (Lipinski definition) is 3. The van der Waals surface area contributed by atoms with Gasteiger partial charge in [0.25, 0.3) is 5.91 Å². The van der Waals surface area contributed by atoms with Crippen molar-refractivity contribution in [1.82, 2.24) is 9.88 Å². The molecule has 1 aromatic heterocycles.